The van der Waals surface area contributed by atoms with Gasteiger partial charge >= 0.3 is 6.03 Å². The summed E-state index contributed by atoms with van der Waals surface area (Å²) in [6, 6.07) is 14.7. The van der Waals surface area contributed by atoms with Crippen molar-refractivity contribution in [1.29, 1.82) is 0 Å². The first kappa shape index (κ1) is 24.2. The summed E-state index contributed by atoms with van der Waals surface area (Å²) in [5.74, 6) is 0. The average Bonchev–Trinajstić information content (AvgIpc) is 2.74. The third kappa shape index (κ3) is 6.73. The van der Waals surface area contributed by atoms with Crippen molar-refractivity contribution in [1.82, 2.24) is 10.2 Å². The minimum absolute atomic E-state index is 0.0190. The largest absolute Gasteiger partial charge is 0.390 e. The van der Waals surface area contributed by atoms with Gasteiger partial charge < -0.3 is 15.3 Å². The molecule has 4 nitrogen and oxygen atoms in total. The fourth-order valence-corrected chi connectivity index (χ4v) is 4.09. The number of rotatable bonds is 11. The lowest BCUT2D eigenvalue weighted by atomic mass is 9.94. The molecule has 30 heavy (non-hydrogen) atoms. The predicted molar refractivity (Wildman–Crippen MR) is 127 cm³/mol. The van der Waals surface area contributed by atoms with E-state index in [0.29, 0.717) is 0 Å². The summed E-state index contributed by atoms with van der Waals surface area (Å²) in [4.78, 5) is 14.9. The number of fused-ring (bicyclic) bond motifs is 1. The molecule has 3 atom stereocenters. The van der Waals surface area contributed by atoms with E-state index in [2.05, 4.69) is 49.5 Å². The molecular formula is C26H40N2O2. The average molecular weight is 413 g/mol. The number of aliphatic hydroxyl groups is 1. The first-order chi connectivity index (χ1) is 14.3. The predicted octanol–water partition coefficient (Wildman–Crippen LogP) is 6.43. The van der Waals surface area contributed by atoms with E-state index in [1.165, 1.54) is 10.8 Å². The van der Waals surface area contributed by atoms with E-state index in [1.807, 2.05) is 37.9 Å². The highest BCUT2D eigenvalue weighted by Crippen LogP contribution is 2.25. The molecule has 0 saturated carbocycles. The SMILES string of the molecule is CCCC(CCCCC(C)(O)CC)N(C)C(=O)NC(C)c1cccc2ccccc12. The first-order valence-electron chi connectivity index (χ1n) is 11.5. The number of carbonyl (C=O) groups excluding carboxylic acids is 1. The van der Waals surface area contributed by atoms with E-state index in [9.17, 15) is 9.90 Å². The lowest BCUT2D eigenvalue weighted by Gasteiger charge is -2.30. The van der Waals surface area contributed by atoms with Crippen LogP contribution in [0.15, 0.2) is 42.5 Å². The molecule has 166 valence electrons. The van der Waals surface area contributed by atoms with E-state index < -0.39 is 5.60 Å². The monoisotopic (exact) mass is 412 g/mol. The number of nitrogens with zero attached hydrogens (tertiary/aromatic N) is 1. The zero-order valence-corrected chi connectivity index (χ0v) is 19.4. The number of unbranched alkanes of at least 4 members (excludes halogenated alkanes) is 1. The Morgan fingerprint density at radius 2 is 1.80 bits per heavy atom. The Bertz CT molecular complexity index is 797. The van der Waals surface area contributed by atoms with E-state index in [1.54, 1.807) is 0 Å². The van der Waals surface area contributed by atoms with Gasteiger partial charge in [0.05, 0.1) is 11.6 Å². The molecule has 0 aliphatic rings. The summed E-state index contributed by atoms with van der Waals surface area (Å²) in [6.07, 6.45) is 6.63. The van der Waals surface area contributed by atoms with Gasteiger partial charge in [-0.25, -0.2) is 4.79 Å². The van der Waals surface area contributed by atoms with Gasteiger partial charge in [0.1, 0.15) is 0 Å². The van der Waals surface area contributed by atoms with Crippen LogP contribution in [0.1, 0.15) is 84.2 Å². The van der Waals surface area contributed by atoms with Crippen LogP contribution >= 0.6 is 0 Å². The van der Waals surface area contributed by atoms with Gasteiger partial charge in [-0.2, -0.15) is 0 Å². The number of carbonyl (C=O) groups is 1. The van der Waals surface area contributed by atoms with Crippen LogP contribution in [0.25, 0.3) is 10.8 Å². The van der Waals surface area contributed by atoms with Crippen molar-refractivity contribution in [3.63, 3.8) is 0 Å². The van der Waals surface area contributed by atoms with Crippen LogP contribution in [0.4, 0.5) is 4.79 Å². The molecule has 2 aromatic rings. The fraction of sp³-hybridized carbons (Fsp3) is 0.577. The van der Waals surface area contributed by atoms with Gasteiger partial charge in [0.25, 0.3) is 0 Å². The van der Waals surface area contributed by atoms with Gasteiger partial charge in [-0.05, 0) is 55.9 Å². The third-order valence-corrected chi connectivity index (χ3v) is 6.38. The summed E-state index contributed by atoms with van der Waals surface area (Å²) < 4.78 is 0. The molecule has 0 radical (unpaired) electrons. The maximum atomic E-state index is 13.0. The number of urea groups is 1. The van der Waals surface area contributed by atoms with Crippen molar-refractivity contribution in [2.24, 2.45) is 0 Å². The van der Waals surface area contributed by atoms with Crippen LogP contribution in [0, 0.1) is 0 Å². The lowest BCUT2D eigenvalue weighted by molar-refractivity contribution is 0.0437. The summed E-state index contributed by atoms with van der Waals surface area (Å²) in [5, 5.41) is 15.8. The Balaban J connectivity index is 1.97. The van der Waals surface area contributed by atoms with Gasteiger partial charge in [0.15, 0.2) is 0 Å². The molecular weight excluding hydrogens is 372 g/mol. The number of hydrogen-bond donors (Lipinski definition) is 2. The van der Waals surface area contributed by atoms with Gasteiger partial charge in [0.2, 0.25) is 0 Å². The van der Waals surface area contributed by atoms with Crippen molar-refractivity contribution in [3.8, 4) is 0 Å². The molecule has 0 heterocycles. The summed E-state index contributed by atoms with van der Waals surface area (Å²) >= 11 is 0. The van der Waals surface area contributed by atoms with Crippen molar-refractivity contribution in [2.75, 3.05) is 7.05 Å². The molecule has 0 spiro atoms. The minimum atomic E-state index is -0.572. The quantitative estimate of drug-likeness (QED) is 0.418. The normalized spacial score (nSPS) is 15.4. The molecule has 0 bridgehead atoms. The fourth-order valence-electron chi connectivity index (χ4n) is 4.09. The lowest BCUT2D eigenvalue weighted by Crippen LogP contribution is -2.44. The summed E-state index contributed by atoms with van der Waals surface area (Å²) in [5.41, 5.74) is 0.570. The highest BCUT2D eigenvalue weighted by atomic mass is 16.3. The van der Waals surface area contributed by atoms with Crippen LogP contribution in [-0.2, 0) is 0 Å². The molecule has 2 rings (SSSR count). The number of nitrogens with one attached hydrogen (secondary N) is 1. The Morgan fingerprint density at radius 3 is 2.50 bits per heavy atom. The van der Waals surface area contributed by atoms with Crippen molar-refractivity contribution in [2.45, 2.75) is 90.3 Å². The van der Waals surface area contributed by atoms with Crippen LogP contribution in [0.3, 0.4) is 0 Å². The number of hydrogen-bond acceptors (Lipinski definition) is 2. The van der Waals surface area contributed by atoms with E-state index in [4.69, 9.17) is 0 Å². The highest BCUT2D eigenvalue weighted by molar-refractivity contribution is 5.86. The maximum Gasteiger partial charge on any atom is 0.317 e. The molecule has 2 N–H and O–H groups in total. The van der Waals surface area contributed by atoms with Crippen molar-refractivity contribution >= 4 is 16.8 Å². The van der Waals surface area contributed by atoms with Crippen LogP contribution in [0.2, 0.25) is 0 Å². The molecule has 0 aliphatic carbocycles. The van der Waals surface area contributed by atoms with E-state index >= 15 is 0 Å². The third-order valence-electron chi connectivity index (χ3n) is 6.38. The second-order valence-corrected chi connectivity index (χ2v) is 8.89. The molecule has 2 aromatic carbocycles. The van der Waals surface area contributed by atoms with E-state index in [-0.39, 0.29) is 18.1 Å². The number of amides is 2. The summed E-state index contributed by atoms with van der Waals surface area (Å²) in [6.45, 7) is 8.15. The second kappa shape index (κ2) is 11.4. The van der Waals surface area contributed by atoms with Gasteiger partial charge in [0, 0.05) is 13.1 Å². The summed E-state index contributed by atoms with van der Waals surface area (Å²) in [7, 11) is 1.91. The Hall–Kier alpha value is -2.07. The Labute approximate surface area is 182 Å². The Kier molecular flexibility index (Phi) is 9.16. The molecule has 4 heteroatoms. The molecule has 3 unspecified atom stereocenters. The van der Waals surface area contributed by atoms with E-state index in [0.717, 1.165) is 50.5 Å². The molecule has 2 amide bonds. The van der Waals surface area contributed by atoms with Crippen molar-refractivity contribution < 1.29 is 9.90 Å². The molecule has 0 saturated heterocycles. The van der Waals surface area contributed by atoms with Gasteiger partial charge in [-0.15, -0.1) is 0 Å². The van der Waals surface area contributed by atoms with Crippen molar-refractivity contribution in [3.05, 3.63) is 48.0 Å². The maximum absolute atomic E-state index is 13.0. The molecule has 0 aromatic heterocycles. The topological polar surface area (TPSA) is 52.6 Å². The van der Waals surface area contributed by atoms with Gasteiger partial charge in [-0.3, -0.25) is 0 Å². The standard InChI is InChI=1S/C26H40N2O2/c1-6-13-22(16-10-11-19-26(4,30)7-2)28(5)25(29)27-20(3)23-18-12-15-21-14-8-9-17-24(21)23/h8-9,12,14-15,17-18,20,22,30H,6-7,10-11,13,16,19H2,1-5H3,(H,27,29). The molecule has 0 aliphatic heterocycles. The highest BCUT2D eigenvalue weighted by Gasteiger charge is 2.22. The number of benzene rings is 2. The zero-order valence-electron chi connectivity index (χ0n) is 19.4. The smallest absolute Gasteiger partial charge is 0.317 e. The van der Waals surface area contributed by atoms with Crippen LogP contribution < -0.4 is 5.32 Å². The van der Waals surface area contributed by atoms with Crippen LogP contribution in [-0.4, -0.2) is 34.7 Å². The second-order valence-electron chi connectivity index (χ2n) is 8.89. The van der Waals surface area contributed by atoms with Gasteiger partial charge in [-0.1, -0.05) is 75.6 Å². The minimum Gasteiger partial charge on any atom is -0.390 e. The zero-order chi connectivity index (χ0) is 22.1. The Morgan fingerprint density at radius 1 is 1.10 bits per heavy atom. The first-order valence-corrected chi connectivity index (χ1v) is 11.5. The van der Waals surface area contributed by atoms with Crippen LogP contribution in [0.5, 0.6) is 0 Å². The molecule has 0 fully saturated rings.